The minimum Gasteiger partial charge on any atom is -0.397 e. The fourth-order valence-electron chi connectivity index (χ4n) is 2.53. The fourth-order valence-corrected chi connectivity index (χ4v) is 2.53. The van der Waals surface area contributed by atoms with Gasteiger partial charge in [-0.05, 0) is 25.8 Å². The van der Waals surface area contributed by atoms with Crippen molar-refractivity contribution in [2.24, 2.45) is 0 Å². The molecule has 1 aromatic heterocycles. The average Bonchev–Trinajstić information content (AvgIpc) is 2.93. The third-order valence-electron chi connectivity index (χ3n) is 3.60. The number of amides is 1. The zero-order valence-electron chi connectivity index (χ0n) is 10.8. The molecule has 1 aromatic rings. The summed E-state index contributed by atoms with van der Waals surface area (Å²) < 4.78 is 1.81. The molecule has 1 amide bonds. The monoisotopic (exact) mass is 251 g/mol. The highest BCUT2D eigenvalue weighted by Crippen LogP contribution is 2.28. The fraction of sp³-hybridized carbons (Fsp3) is 0.615. The normalized spacial score (nSPS) is 17.9. The lowest BCUT2D eigenvalue weighted by Gasteiger charge is -2.22. The van der Waals surface area contributed by atoms with E-state index in [1.807, 2.05) is 11.5 Å². The smallest absolute Gasteiger partial charge is 0.268 e. The standard InChI is InChI=1S/C13H21N3O2/c1-2-16-8-10(14)7-11(16)12(17)15-9-13(18)5-3-4-6-13/h7-8,18H,2-6,9,14H2,1H3,(H,15,17). The highest BCUT2D eigenvalue weighted by atomic mass is 16.3. The number of aliphatic hydroxyl groups is 1. The average molecular weight is 251 g/mol. The number of nitrogens with one attached hydrogen (secondary N) is 1. The largest absolute Gasteiger partial charge is 0.397 e. The van der Waals surface area contributed by atoms with Crippen molar-refractivity contribution >= 4 is 11.6 Å². The highest BCUT2D eigenvalue weighted by molar-refractivity contribution is 5.93. The first-order valence-electron chi connectivity index (χ1n) is 6.50. The van der Waals surface area contributed by atoms with Gasteiger partial charge < -0.3 is 20.7 Å². The van der Waals surface area contributed by atoms with E-state index in [-0.39, 0.29) is 5.91 Å². The number of aromatic nitrogens is 1. The molecule has 1 aliphatic carbocycles. The molecule has 0 unspecified atom stereocenters. The number of aryl methyl sites for hydroxylation is 1. The molecule has 0 atom stereocenters. The lowest BCUT2D eigenvalue weighted by Crippen LogP contribution is -2.41. The van der Waals surface area contributed by atoms with E-state index in [0.29, 0.717) is 24.5 Å². The van der Waals surface area contributed by atoms with E-state index in [1.54, 1.807) is 12.3 Å². The summed E-state index contributed by atoms with van der Waals surface area (Å²) in [6.07, 6.45) is 5.35. The van der Waals surface area contributed by atoms with Crippen LogP contribution >= 0.6 is 0 Å². The van der Waals surface area contributed by atoms with Gasteiger partial charge in [0, 0.05) is 19.3 Å². The van der Waals surface area contributed by atoms with Gasteiger partial charge in [-0.1, -0.05) is 12.8 Å². The predicted octanol–water partition coefficient (Wildman–Crippen LogP) is 1.13. The maximum Gasteiger partial charge on any atom is 0.268 e. The number of nitrogens with zero attached hydrogens (tertiary/aromatic N) is 1. The summed E-state index contributed by atoms with van der Waals surface area (Å²) in [5, 5.41) is 13.0. The van der Waals surface area contributed by atoms with Crippen LogP contribution < -0.4 is 11.1 Å². The Kier molecular flexibility index (Phi) is 3.61. The second-order valence-electron chi connectivity index (χ2n) is 5.06. The van der Waals surface area contributed by atoms with Gasteiger partial charge >= 0.3 is 0 Å². The Hall–Kier alpha value is -1.49. The molecule has 0 spiro atoms. The summed E-state index contributed by atoms with van der Waals surface area (Å²) in [6, 6.07) is 1.66. The van der Waals surface area contributed by atoms with Crippen LogP contribution in [0, 0.1) is 0 Å². The Morgan fingerprint density at radius 3 is 2.83 bits per heavy atom. The first-order valence-corrected chi connectivity index (χ1v) is 6.50. The third kappa shape index (κ3) is 2.67. The van der Waals surface area contributed by atoms with Crippen molar-refractivity contribution in [2.45, 2.75) is 44.8 Å². The molecule has 4 N–H and O–H groups in total. The molecule has 100 valence electrons. The number of hydrogen-bond acceptors (Lipinski definition) is 3. The van der Waals surface area contributed by atoms with Crippen LogP contribution in [0.15, 0.2) is 12.3 Å². The SMILES string of the molecule is CCn1cc(N)cc1C(=O)NCC1(O)CCCC1. The van der Waals surface area contributed by atoms with Crippen molar-refractivity contribution in [3.63, 3.8) is 0 Å². The number of nitrogens with two attached hydrogens (primary N) is 1. The maximum atomic E-state index is 12.0. The van der Waals surface area contributed by atoms with E-state index in [1.165, 1.54) is 0 Å². The first-order chi connectivity index (χ1) is 8.54. The van der Waals surface area contributed by atoms with Gasteiger partial charge in [-0.25, -0.2) is 0 Å². The van der Waals surface area contributed by atoms with Gasteiger partial charge in [-0.3, -0.25) is 4.79 Å². The number of nitrogen functional groups attached to an aromatic ring is 1. The van der Waals surface area contributed by atoms with Crippen molar-refractivity contribution in [1.29, 1.82) is 0 Å². The number of hydrogen-bond donors (Lipinski definition) is 3. The van der Waals surface area contributed by atoms with Gasteiger partial charge in [0.2, 0.25) is 0 Å². The summed E-state index contributed by atoms with van der Waals surface area (Å²) in [5.74, 6) is -0.172. The van der Waals surface area contributed by atoms with E-state index in [0.717, 1.165) is 25.7 Å². The van der Waals surface area contributed by atoms with Crippen LogP contribution in [0.2, 0.25) is 0 Å². The van der Waals surface area contributed by atoms with E-state index >= 15 is 0 Å². The summed E-state index contributed by atoms with van der Waals surface area (Å²) in [4.78, 5) is 12.0. The minimum absolute atomic E-state index is 0.172. The molecular weight excluding hydrogens is 230 g/mol. The van der Waals surface area contributed by atoms with E-state index in [9.17, 15) is 9.90 Å². The Labute approximate surface area is 107 Å². The van der Waals surface area contributed by atoms with Crippen molar-refractivity contribution in [3.8, 4) is 0 Å². The zero-order valence-corrected chi connectivity index (χ0v) is 10.8. The summed E-state index contributed by atoms with van der Waals surface area (Å²) in [6.45, 7) is 2.98. The second-order valence-corrected chi connectivity index (χ2v) is 5.06. The van der Waals surface area contributed by atoms with Gasteiger partial charge in [-0.15, -0.1) is 0 Å². The van der Waals surface area contributed by atoms with Gasteiger partial charge in [0.05, 0.1) is 11.3 Å². The van der Waals surface area contributed by atoms with Gasteiger partial charge in [0.25, 0.3) is 5.91 Å². The molecule has 1 aliphatic rings. The van der Waals surface area contributed by atoms with Crippen molar-refractivity contribution in [3.05, 3.63) is 18.0 Å². The predicted molar refractivity (Wildman–Crippen MR) is 70.3 cm³/mol. The molecule has 0 aromatic carbocycles. The number of carbonyl (C=O) groups is 1. The lowest BCUT2D eigenvalue weighted by atomic mass is 10.0. The lowest BCUT2D eigenvalue weighted by molar-refractivity contribution is 0.0447. The Bertz CT molecular complexity index is 433. The van der Waals surface area contributed by atoms with Crippen LogP contribution in [0.4, 0.5) is 5.69 Å². The molecule has 1 fully saturated rings. The van der Waals surface area contributed by atoms with Crippen molar-refractivity contribution < 1.29 is 9.90 Å². The van der Waals surface area contributed by atoms with Gasteiger partial charge in [0.15, 0.2) is 0 Å². The molecule has 18 heavy (non-hydrogen) atoms. The topological polar surface area (TPSA) is 80.3 Å². The van der Waals surface area contributed by atoms with E-state index < -0.39 is 5.60 Å². The molecule has 0 aliphatic heterocycles. The van der Waals surface area contributed by atoms with Crippen LogP contribution in [0.1, 0.15) is 43.1 Å². The van der Waals surface area contributed by atoms with E-state index in [2.05, 4.69) is 5.32 Å². The molecule has 1 saturated carbocycles. The Morgan fingerprint density at radius 2 is 2.22 bits per heavy atom. The van der Waals surface area contributed by atoms with Crippen molar-refractivity contribution in [2.75, 3.05) is 12.3 Å². The zero-order chi connectivity index (χ0) is 13.2. The van der Waals surface area contributed by atoms with E-state index in [4.69, 9.17) is 5.73 Å². The number of anilines is 1. The third-order valence-corrected chi connectivity index (χ3v) is 3.60. The Balaban J connectivity index is 1.99. The molecule has 0 saturated heterocycles. The first kappa shape index (κ1) is 13.0. The molecule has 0 radical (unpaired) electrons. The number of rotatable bonds is 4. The molecular formula is C13H21N3O2. The quantitative estimate of drug-likeness (QED) is 0.750. The van der Waals surface area contributed by atoms with Crippen LogP contribution in [-0.2, 0) is 6.54 Å². The van der Waals surface area contributed by atoms with Crippen LogP contribution in [0.25, 0.3) is 0 Å². The Morgan fingerprint density at radius 1 is 1.56 bits per heavy atom. The minimum atomic E-state index is -0.717. The molecule has 5 nitrogen and oxygen atoms in total. The van der Waals surface area contributed by atoms with Gasteiger partial charge in [-0.2, -0.15) is 0 Å². The van der Waals surface area contributed by atoms with Crippen molar-refractivity contribution in [1.82, 2.24) is 9.88 Å². The van der Waals surface area contributed by atoms with Gasteiger partial charge in [0.1, 0.15) is 5.69 Å². The summed E-state index contributed by atoms with van der Waals surface area (Å²) in [5.41, 5.74) is 6.11. The molecule has 1 heterocycles. The summed E-state index contributed by atoms with van der Waals surface area (Å²) in [7, 11) is 0. The molecule has 2 rings (SSSR count). The number of carbonyl (C=O) groups excluding carboxylic acids is 1. The molecule has 0 bridgehead atoms. The van der Waals surface area contributed by atoms with Crippen LogP contribution in [0.3, 0.4) is 0 Å². The van der Waals surface area contributed by atoms with Crippen LogP contribution in [0.5, 0.6) is 0 Å². The molecule has 5 heteroatoms. The maximum absolute atomic E-state index is 12.0. The summed E-state index contributed by atoms with van der Waals surface area (Å²) >= 11 is 0. The second kappa shape index (κ2) is 5.02. The highest BCUT2D eigenvalue weighted by Gasteiger charge is 2.31. The van der Waals surface area contributed by atoms with Crippen LogP contribution in [-0.4, -0.2) is 27.7 Å².